The molecule has 2 heterocycles. The zero-order valence-corrected chi connectivity index (χ0v) is 18.0. The minimum absolute atomic E-state index is 0. The van der Waals surface area contributed by atoms with Crippen molar-refractivity contribution in [1.29, 1.82) is 0 Å². The van der Waals surface area contributed by atoms with Crippen molar-refractivity contribution in [2.24, 2.45) is 4.99 Å². The molecule has 1 aliphatic rings. The van der Waals surface area contributed by atoms with Gasteiger partial charge in [-0.3, -0.25) is 14.8 Å². The Morgan fingerprint density at radius 3 is 2.44 bits per heavy atom. The summed E-state index contributed by atoms with van der Waals surface area (Å²) >= 11 is 0. The van der Waals surface area contributed by atoms with Crippen LogP contribution in [0.15, 0.2) is 29.5 Å². The quantitative estimate of drug-likeness (QED) is 0.274. The summed E-state index contributed by atoms with van der Waals surface area (Å²) < 4.78 is 5.02. The Balaban J connectivity index is 0.00000364. The maximum Gasteiger partial charge on any atom is 0.409 e. The Bertz CT molecular complexity index is 620. The van der Waals surface area contributed by atoms with Gasteiger partial charge in [-0.2, -0.15) is 0 Å². The highest BCUT2D eigenvalue weighted by molar-refractivity contribution is 14.0. The molecule has 1 aromatic rings. The van der Waals surface area contributed by atoms with E-state index in [1.165, 1.54) is 6.20 Å². The van der Waals surface area contributed by atoms with Crippen molar-refractivity contribution < 1.29 is 14.3 Å². The summed E-state index contributed by atoms with van der Waals surface area (Å²) in [5.74, 6) is 0.599. The van der Waals surface area contributed by atoms with Crippen LogP contribution in [0.5, 0.6) is 0 Å². The van der Waals surface area contributed by atoms with Crippen LogP contribution in [0.1, 0.15) is 17.3 Å². The van der Waals surface area contributed by atoms with E-state index in [1.54, 1.807) is 37.2 Å². The average Bonchev–Trinajstić information content (AvgIpc) is 2.69. The summed E-state index contributed by atoms with van der Waals surface area (Å²) in [4.78, 5) is 35.6. The topological polar surface area (TPSA) is 99.2 Å². The first-order valence-electron chi connectivity index (χ1n) is 8.71. The van der Waals surface area contributed by atoms with Gasteiger partial charge < -0.3 is 25.2 Å². The van der Waals surface area contributed by atoms with Gasteiger partial charge in [0.2, 0.25) is 0 Å². The molecule has 0 bridgehead atoms. The van der Waals surface area contributed by atoms with Crippen molar-refractivity contribution in [2.75, 3.05) is 52.9 Å². The fraction of sp³-hybridized carbons (Fsp3) is 0.529. The Morgan fingerprint density at radius 2 is 1.85 bits per heavy atom. The number of guanidine groups is 1. The van der Waals surface area contributed by atoms with Crippen molar-refractivity contribution >= 4 is 41.9 Å². The highest BCUT2D eigenvalue weighted by Gasteiger charge is 2.23. The third-order valence-electron chi connectivity index (χ3n) is 3.93. The molecule has 1 saturated heterocycles. The molecule has 2 N–H and O–H groups in total. The third kappa shape index (κ3) is 7.19. The molecule has 2 amide bonds. The normalized spacial score (nSPS) is 14.2. The summed E-state index contributed by atoms with van der Waals surface area (Å²) in [5, 5.41) is 6.06. The minimum atomic E-state index is -0.270. The van der Waals surface area contributed by atoms with Crippen LogP contribution in [0, 0.1) is 0 Å². The first-order chi connectivity index (χ1) is 12.7. The largest absolute Gasteiger partial charge is 0.450 e. The lowest BCUT2D eigenvalue weighted by molar-refractivity contribution is 0.0914. The lowest BCUT2D eigenvalue weighted by atomic mass is 10.3. The number of rotatable bonds is 5. The molecule has 0 aliphatic carbocycles. The molecule has 0 spiro atoms. The number of nitrogens with one attached hydrogen (secondary N) is 2. The molecule has 0 radical (unpaired) electrons. The summed E-state index contributed by atoms with van der Waals surface area (Å²) in [6.07, 6.45) is 2.89. The SMILES string of the molecule is CCOC(=O)N1CCN(C(=NC)NCCNC(=O)c2cccnc2)CC1.I. The van der Waals surface area contributed by atoms with Gasteiger partial charge in [0.1, 0.15) is 0 Å². The van der Waals surface area contributed by atoms with E-state index in [1.807, 2.05) is 0 Å². The van der Waals surface area contributed by atoms with Crippen LogP contribution < -0.4 is 10.6 Å². The van der Waals surface area contributed by atoms with Crippen LogP contribution in [0.2, 0.25) is 0 Å². The molecule has 150 valence electrons. The van der Waals surface area contributed by atoms with Crippen molar-refractivity contribution in [3.05, 3.63) is 30.1 Å². The monoisotopic (exact) mass is 490 g/mol. The summed E-state index contributed by atoms with van der Waals surface area (Å²) in [5.41, 5.74) is 0.534. The molecule has 1 aliphatic heterocycles. The number of amides is 2. The molecular formula is C17H27IN6O3. The highest BCUT2D eigenvalue weighted by atomic mass is 127. The standard InChI is InChI=1S/C17H26N6O3.HI/c1-3-26-17(25)23-11-9-22(10-12-23)16(18-2)21-8-7-20-15(24)14-5-4-6-19-13-14;/h4-6,13H,3,7-12H2,1-2H3,(H,18,21)(H,20,24);1H. The molecule has 0 atom stereocenters. The molecule has 0 saturated carbocycles. The zero-order chi connectivity index (χ0) is 18.8. The van der Waals surface area contributed by atoms with E-state index in [-0.39, 0.29) is 36.0 Å². The zero-order valence-electron chi connectivity index (χ0n) is 15.7. The molecule has 1 aromatic heterocycles. The number of carbonyl (C=O) groups is 2. The molecule has 10 heteroatoms. The molecule has 2 rings (SSSR count). The second-order valence-electron chi connectivity index (χ2n) is 5.64. The smallest absolute Gasteiger partial charge is 0.409 e. The number of pyridine rings is 1. The molecular weight excluding hydrogens is 463 g/mol. The fourth-order valence-corrected chi connectivity index (χ4v) is 2.60. The molecule has 9 nitrogen and oxygen atoms in total. The van der Waals surface area contributed by atoms with E-state index in [0.717, 1.165) is 5.96 Å². The van der Waals surface area contributed by atoms with Crippen molar-refractivity contribution in [3.63, 3.8) is 0 Å². The van der Waals surface area contributed by atoms with Gasteiger partial charge in [-0.1, -0.05) is 0 Å². The van der Waals surface area contributed by atoms with Crippen LogP contribution in [-0.2, 0) is 4.74 Å². The summed E-state index contributed by atoms with van der Waals surface area (Å²) in [7, 11) is 1.72. The average molecular weight is 490 g/mol. The summed E-state index contributed by atoms with van der Waals surface area (Å²) in [6, 6.07) is 3.45. The predicted octanol–water partition coefficient (Wildman–Crippen LogP) is 0.779. The number of hydrogen-bond donors (Lipinski definition) is 2. The Labute approximate surface area is 176 Å². The number of aliphatic imine (C=N–C) groups is 1. The second-order valence-corrected chi connectivity index (χ2v) is 5.64. The van der Waals surface area contributed by atoms with Crippen LogP contribution in [0.3, 0.4) is 0 Å². The van der Waals surface area contributed by atoms with E-state index in [2.05, 4.69) is 25.5 Å². The van der Waals surface area contributed by atoms with Gasteiger partial charge >= 0.3 is 6.09 Å². The number of aromatic nitrogens is 1. The van der Waals surface area contributed by atoms with Crippen LogP contribution >= 0.6 is 24.0 Å². The maximum absolute atomic E-state index is 11.9. The highest BCUT2D eigenvalue weighted by Crippen LogP contribution is 2.04. The van der Waals surface area contributed by atoms with Crippen molar-refractivity contribution in [1.82, 2.24) is 25.4 Å². The second kappa shape index (κ2) is 12.3. The minimum Gasteiger partial charge on any atom is -0.450 e. The van der Waals surface area contributed by atoms with Gasteiger partial charge in [0.05, 0.1) is 12.2 Å². The van der Waals surface area contributed by atoms with Crippen molar-refractivity contribution in [3.8, 4) is 0 Å². The number of ether oxygens (including phenoxy) is 1. The van der Waals surface area contributed by atoms with E-state index in [4.69, 9.17) is 4.74 Å². The first kappa shape index (κ1) is 22.9. The number of carbonyl (C=O) groups excluding carboxylic acids is 2. The lowest BCUT2D eigenvalue weighted by Gasteiger charge is -2.35. The van der Waals surface area contributed by atoms with Crippen molar-refractivity contribution in [2.45, 2.75) is 6.92 Å². The summed E-state index contributed by atoms with van der Waals surface area (Å²) in [6.45, 7) is 5.75. The third-order valence-corrected chi connectivity index (χ3v) is 3.93. The molecule has 27 heavy (non-hydrogen) atoms. The number of nitrogens with zero attached hydrogens (tertiary/aromatic N) is 4. The number of hydrogen-bond acceptors (Lipinski definition) is 5. The molecule has 1 fully saturated rings. The van der Waals surface area contributed by atoms with Gasteiger partial charge in [0.25, 0.3) is 5.91 Å². The van der Waals surface area contributed by atoms with E-state index in [0.29, 0.717) is 51.4 Å². The van der Waals surface area contributed by atoms with Gasteiger partial charge in [0.15, 0.2) is 5.96 Å². The van der Waals surface area contributed by atoms with Gasteiger partial charge in [-0.25, -0.2) is 4.79 Å². The Morgan fingerprint density at radius 1 is 1.19 bits per heavy atom. The van der Waals surface area contributed by atoms with Crippen LogP contribution in [0.25, 0.3) is 0 Å². The van der Waals surface area contributed by atoms with Crippen LogP contribution in [-0.4, -0.2) is 85.7 Å². The number of piperazine rings is 1. The van der Waals surface area contributed by atoms with Gasteiger partial charge in [-0.05, 0) is 19.1 Å². The predicted molar refractivity (Wildman–Crippen MR) is 114 cm³/mol. The maximum atomic E-state index is 11.9. The number of halogens is 1. The van der Waals surface area contributed by atoms with Gasteiger partial charge in [-0.15, -0.1) is 24.0 Å². The Kier molecular flexibility index (Phi) is 10.5. The fourth-order valence-electron chi connectivity index (χ4n) is 2.60. The van der Waals surface area contributed by atoms with E-state index in [9.17, 15) is 9.59 Å². The Hall–Kier alpha value is -2.11. The molecule has 0 unspecified atom stereocenters. The first-order valence-corrected chi connectivity index (χ1v) is 8.71. The lowest BCUT2D eigenvalue weighted by Crippen LogP contribution is -2.54. The van der Waals surface area contributed by atoms with E-state index >= 15 is 0 Å². The van der Waals surface area contributed by atoms with Crippen LogP contribution in [0.4, 0.5) is 4.79 Å². The van der Waals surface area contributed by atoms with Gasteiger partial charge in [0, 0.05) is 58.7 Å². The molecule has 0 aromatic carbocycles. The van der Waals surface area contributed by atoms with E-state index < -0.39 is 0 Å².